The Kier molecular flexibility index (Phi) is 3.81. The molecule has 0 fully saturated rings. The van der Waals surface area contributed by atoms with Crippen LogP contribution < -0.4 is 5.73 Å². The third-order valence-electron chi connectivity index (χ3n) is 4.95. The van der Waals surface area contributed by atoms with Crippen molar-refractivity contribution in [1.82, 2.24) is 4.98 Å². The van der Waals surface area contributed by atoms with Crippen molar-refractivity contribution in [2.24, 2.45) is 5.92 Å². The Morgan fingerprint density at radius 1 is 1.32 bits per heavy atom. The molecule has 114 valence electrons. The first kappa shape index (κ1) is 14.8. The van der Waals surface area contributed by atoms with Crippen molar-refractivity contribution < 1.29 is 0 Å². The first-order chi connectivity index (χ1) is 10.7. The second kappa shape index (κ2) is 5.68. The Morgan fingerprint density at radius 2 is 2.18 bits per heavy atom. The lowest BCUT2D eigenvalue weighted by Crippen LogP contribution is -2.24. The van der Waals surface area contributed by atoms with Crippen molar-refractivity contribution in [2.75, 3.05) is 10.2 Å². The molecule has 2 aliphatic carbocycles. The van der Waals surface area contributed by atoms with Crippen LogP contribution in [0.2, 0.25) is 5.02 Å². The second-order valence-corrected chi connectivity index (χ2v) is 7.93. The minimum atomic E-state index is 0.546. The summed E-state index contributed by atoms with van der Waals surface area (Å²) in [5, 5.41) is 1.77. The lowest BCUT2D eigenvalue weighted by atomic mass is 9.70. The van der Waals surface area contributed by atoms with E-state index in [0.717, 1.165) is 34.5 Å². The molecule has 0 spiro atoms. The van der Waals surface area contributed by atoms with Gasteiger partial charge in [-0.2, -0.15) is 0 Å². The maximum absolute atomic E-state index is 6.54. The molecule has 2 bridgehead atoms. The molecule has 1 aromatic carbocycles. The van der Waals surface area contributed by atoms with E-state index in [1.807, 2.05) is 18.2 Å². The van der Waals surface area contributed by atoms with Gasteiger partial charge in [0, 0.05) is 31.8 Å². The normalized spacial score (nSPS) is 23.3. The van der Waals surface area contributed by atoms with E-state index in [9.17, 15) is 0 Å². The van der Waals surface area contributed by atoms with Crippen molar-refractivity contribution in [2.45, 2.75) is 31.6 Å². The molecule has 2 N–H and O–H groups in total. The highest BCUT2D eigenvalue weighted by Gasteiger charge is 2.33. The van der Waals surface area contributed by atoms with Crippen LogP contribution >= 0.6 is 34.2 Å². The summed E-state index contributed by atoms with van der Waals surface area (Å²) in [5.74, 6) is 1.18. The largest absolute Gasteiger partial charge is 0.398 e. The van der Waals surface area contributed by atoms with Gasteiger partial charge in [0.05, 0.1) is 5.52 Å². The number of nitrogen functional groups attached to an aromatic ring is 1. The summed E-state index contributed by atoms with van der Waals surface area (Å²) < 4.78 is 1.19. The Morgan fingerprint density at radius 3 is 3.00 bits per heavy atom. The Bertz CT molecular complexity index is 784. The minimum absolute atomic E-state index is 0.546. The molecule has 0 saturated heterocycles. The third kappa shape index (κ3) is 2.42. The van der Waals surface area contributed by atoms with E-state index in [1.54, 1.807) is 5.57 Å². The zero-order valence-corrected chi connectivity index (χ0v) is 15.2. The van der Waals surface area contributed by atoms with Gasteiger partial charge in [0.25, 0.3) is 0 Å². The summed E-state index contributed by atoms with van der Waals surface area (Å²) >= 11 is 8.58. The molecule has 2 atom stereocenters. The van der Waals surface area contributed by atoms with Gasteiger partial charge in [-0.3, -0.25) is 4.98 Å². The zero-order valence-electron chi connectivity index (χ0n) is 12.3. The lowest BCUT2D eigenvalue weighted by Gasteiger charge is -2.36. The zero-order chi connectivity index (χ0) is 15.3. The molecule has 4 heteroatoms. The highest BCUT2D eigenvalue weighted by atomic mass is 131. The predicted molar refractivity (Wildman–Crippen MR) is 102 cm³/mol. The first-order valence-corrected chi connectivity index (χ1v) is 9.69. The van der Waals surface area contributed by atoms with E-state index < -0.39 is 0 Å². The number of pyridine rings is 1. The maximum Gasteiger partial charge on any atom is 0.0741 e. The molecule has 2 unspecified atom stereocenters. The monoisotopic (exact) mass is 428 g/mol. The maximum atomic E-state index is 6.54. The number of aromatic nitrogens is 1. The summed E-state index contributed by atoms with van der Waals surface area (Å²) in [6, 6.07) is 5.84. The Balaban J connectivity index is 1.85. The SMILES string of the molecule is Nc1c2c(nc3cc(Cl)ccc13)CC1C=C(CC[131I])CC2C1. The summed E-state index contributed by atoms with van der Waals surface area (Å²) in [4.78, 5) is 4.90. The van der Waals surface area contributed by atoms with Crippen LogP contribution in [0.15, 0.2) is 29.8 Å². The van der Waals surface area contributed by atoms with Crippen LogP contribution in [0, 0.1) is 5.92 Å². The van der Waals surface area contributed by atoms with E-state index in [-0.39, 0.29) is 0 Å². The Labute approximate surface area is 149 Å². The fourth-order valence-electron chi connectivity index (χ4n) is 4.09. The number of halogens is 2. The van der Waals surface area contributed by atoms with Crippen LogP contribution in [0.5, 0.6) is 0 Å². The van der Waals surface area contributed by atoms with Gasteiger partial charge in [-0.25, -0.2) is 0 Å². The van der Waals surface area contributed by atoms with Gasteiger partial charge in [-0.05, 0) is 55.7 Å². The molecular formula is C18H18ClIN2. The fraction of sp³-hybridized carbons (Fsp3) is 0.389. The first-order valence-electron chi connectivity index (χ1n) is 7.78. The number of anilines is 1. The third-order valence-corrected chi connectivity index (χ3v) is 5.73. The van der Waals surface area contributed by atoms with E-state index in [4.69, 9.17) is 22.3 Å². The molecule has 4 rings (SSSR count). The summed E-state index contributed by atoms with van der Waals surface area (Å²) in [6.45, 7) is 0. The second-order valence-electron chi connectivity index (χ2n) is 6.41. The van der Waals surface area contributed by atoms with Crippen molar-refractivity contribution >= 4 is 50.8 Å². The molecule has 2 nitrogen and oxygen atoms in total. The van der Waals surface area contributed by atoms with Gasteiger partial charge in [0.2, 0.25) is 0 Å². The summed E-state index contributed by atoms with van der Waals surface area (Å²) in [5.41, 5.74) is 12.5. The van der Waals surface area contributed by atoms with E-state index in [2.05, 4.69) is 28.7 Å². The van der Waals surface area contributed by atoms with Gasteiger partial charge in [-0.15, -0.1) is 0 Å². The number of fused-ring (bicyclic) bond motifs is 5. The van der Waals surface area contributed by atoms with Gasteiger partial charge in [-0.1, -0.05) is 45.8 Å². The molecule has 1 aromatic heterocycles. The van der Waals surface area contributed by atoms with E-state index in [0.29, 0.717) is 11.8 Å². The molecule has 0 radical (unpaired) electrons. The fourth-order valence-corrected chi connectivity index (χ4v) is 4.95. The topological polar surface area (TPSA) is 38.9 Å². The van der Waals surface area contributed by atoms with Crippen molar-refractivity contribution in [3.8, 4) is 0 Å². The van der Waals surface area contributed by atoms with Crippen LogP contribution in [0.1, 0.15) is 36.4 Å². The molecule has 1 heterocycles. The lowest BCUT2D eigenvalue weighted by molar-refractivity contribution is 0.429. The number of nitrogens with two attached hydrogens (primary N) is 1. The number of nitrogens with zero attached hydrogens (tertiary/aromatic N) is 1. The van der Waals surface area contributed by atoms with Gasteiger partial charge in [0.1, 0.15) is 0 Å². The van der Waals surface area contributed by atoms with Crippen LogP contribution in [-0.2, 0) is 6.42 Å². The number of allylic oxidation sites excluding steroid dienone is 2. The van der Waals surface area contributed by atoms with Crippen LogP contribution in [-0.4, -0.2) is 9.41 Å². The highest BCUT2D eigenvalue weighted by Crippen LogP contribution is 2.47. The standard InChI is InChI=1S/C18H18ClIN2/c19-13-1-2-14-15(9-13)22-16-8-11-5-10(3-4-20)6-12(7-11)17(16)18(14)21/h1-2,5,9,11-12H,3-4,6-8H2,(H2,21,22)/i20+4. The van der Waals surface area contributed by atoms with Crippen molar-refractivity contribution in [3.63, 3.8) is 0 Å². The molecule has 22 heavy (non-hydrogen) atoms. The molecule has 0 aliphatic heterocycles. The van der Waals surface area contributed by atoms with Gasteiger partial charge in [0.15, 0.2) is 0 Å². The molecule has 0 saturated carbocycles. The Hall–Kier alpha value is -0.810. The van der Waals surface area contributed by atoms with Crippen LogP contribution in [0.25, 0.3) is 10.9 Å². The quantitative estimate of drug-likeness (QED) is 0.402. The molecule has 2 aromatic rings. The average Bonchev–Trinajstić information content (AvgIpc) is 2.46. The molecular weight excluding hydrogens is 411 g/mol. The molecule has 2 aliphatic rings. The predicted octanol–water partition coefficient (Wildman–Crippen LogP) is 5.27. The number of hydrogen-bond acceptors (Lipinski definition) is 2. The van der Waals surface area contributed by atoms with Crippen LogP contribution in [0.4, 0.5) is 5.69 Å². The van der Waals surface area contributed by atoms with Gasteiger partial charge < -0.3 is 5.73 Å². The summed E-state index contributed by atoms with van der Waals surface area (Å²) in [7, 11) is 0. The van der Waals surface area contributed by atoms with Crippen LogP contribution in [0.3, 0.4) is 0 Å². The minimum Gasteiger partial charge on any atom is -0.398 e. The van der Waals surface area contributed by atoms with Gasteiger partial charge >= 0.3 is 0 Å². The van der Waals surface area contributed by atoms with Crippen molar-refractivity contribution in [3.05, 3.63) is 46.1 Å². The van der Waals surface area contributed by atoms with E-state index in [1.165, 1.54) is 28.5 Å². The number of benzene rings is 1. The number of rotatable bonds is 2. The molecule has 0 amide bonds. The smallest absolute Gasteiger partial charge is 0.0741 e. The number of hydrogen-bond donors (Lipinski definition) is 1. The van der Waals surface area contributed by atoms with Crippen molar-refractivity contribution in [1.29, 1.82) is 0 Å². The number of alkyl halides is 1. The van der Waals surface area contributed by atoms with E-state index >= 15 is 0 Å². The average molecular weight is 429 g/mol. The summed E-state index contributed by atoms with van der Waals surface area (Å²) in [6.07, 6.45) is 7.10. The highest BCUT2D eigenvalue weighted by molar-refractivity contribution is 14.1.